The normalized spacial score (nSPS) is 11.2. The number of rotatable bonds is 1. The molecular weight excluding hydrogens is 246 g/mol. The van der Waals surface area contributed by atoms with Crippen LogP contribution in [-0.4, -0.2) is 15.0 Å². The maximum absolute atomic E-state index is 4.67. The van der Waals surface area contributed by atoms with Crippen molar-refractivity contribution < 1.29 is 0 Å². The zero-order chi connectivity index (χ0) is 13.5. The van der Waals surface area contributed by atoms with Gasteiger partial charge in [0.1, 0.15) is 5.82 Å². The van der Waals surface area contributed by atoms with Crippen LogP contribution in [0.25, 0.3) is 33.3 Å². The lowest BCUT2D eigenvalue weighted by molar-refractivity contribution is 1.32. The third-order valence-corrected chi connectivity index (χ3v) is 3.54. The van der Waals surface area contributed by atoms with E-state index < -0.39 is 0 Å². The zero-order valence-electron chi connectivity index (χ0n) is 11.1. The Bertz CT molecular complexity index is 889. The average Bonchev–Trinajstić information content (AvgIpc) is 2.90. The van der Waals surface area contributed by atoms with Crippen LogP contribution in [0.4, 0.5) is 0 Å². The summed E-state index contributed by atoms with van der Waals surface area (Å²) in [6.07, 6.45) is 1.84. The van der Waals surface area contributed by atoms with Crippen molar-refractivity contribution in [3.63, 3.8) is 0 Å². The molecule has 0 atom stereocenters. The molecule has 0 amide bonds. The molecule has 4 aromatic rings. The highest BCUT2D eigenvalue weighted by Gasteiger charge is 2.09. The highest BCUT2D eigenvalue weighted by atomic mass is 14.9. The minimum Gasteiger partial charge on any atom is -0.338 e. The van der Waals surface area contributed by atoms with Gasteiger partial charge in [0.05, 0.1) is 16.6 Å². The molecule has 0 aliphatic carbocycles. The summed E-state index contributed by atoms with van der Waals surface area (Å²) in [5.74, 6) is 0.891. The molecule has 3 heteroatoms. The predicted octanol–water partition coefficient (Wildman–Crippen LogP) is 4.09. The first kappa shape index (κ1) is 11.2. The molecule has 20 heavy (non-hydrogen) atoms. The molecule has 2 aromatic heterocycles. The highest BCUT2D eigenvalue weighted by Crippen LogP contribution is 2.27. The summed E-state index contributed by atoms with van der Waals surface area (Å²) in [5.41, 5.74) is 5.35. The molecule has 0 fully saturated rings. The number of aromatic nitrogens is 3. The Kier molecular flexibility index (Phi) is 2.33. The molecule has 0 spiro atoms. The van der Waals surface area contributed by atoms with Gasteiger partial charge in [-0.05, 0) is 36.8 Å². The SMILES string of the molecule is Cc1ccc2c(-c3nc4ccccc4[nH]3)ccnc2c1. The first-order valence-corrected chi connectivity index (χ1v) is 6.62. The van der Waals surface area contributed by atoms with E-state index in [0.717, 1.165) is 33.3 Å². The molecule has 0 aliphatic rings. The van der Waals surface area contributed by atoms with E-state index in [2.05, 4.69) is 40.1 Å². The third-order valence-electron chi connectivity index (χ3n) is 3.54. The number of hydrogen-bond acceptors (Lipinski definition) is 2. The van der Waals surface area contributed by atoms with Crippen molar-refractivity contribution in [1.29, 1.82) is 0 Å². The topological polar surface area (TPSA) is 41.6 Å². The summed E-state index contributed by atoms with van der Waals surface area (Å²) in [5, 5.41) is 1.12. The first-order chi connectivity index (χ1) is 9.81. The fourth-order valence-corrected chi connectivity index (χ4v) is 2.54. The molecule has 2 heterocycles. The van der Waals surface area contributed by atoms with Gasteiger partial charge in [-0.25, -0.2) is 4.98 Å². The van der Waals surface area contributed by atoms with Crippen LogP contribution < -0.4 is 0 Å². The Morgan fingerprint density at radius 2 is 1.85 bits per heavy atom. The van der Waals surface area contributed by atoms with Crippen LogP contribution in [0.1, 0.15) is 5.56 Å². The molecule has 0 unspecified atom stereocenters. The average molecular weight is 259 g/mol. The van der Waals surface area contributed by atoms with E-state index in [4.69, 9.17) is 0 Å². The summed E-state index contributed by atoms with van der Waals surface area (Å²) >= 11 is 0. The van der Waals surface area contributed by atoms with Crippen molar-refractivity contribution in [2.75, 3.05) is 0 Å². The Morgan fingerprint density at radius 3 is 2.75 bits per heavy atom. The highest BCUT2D eigenvalue weighted by molar-refractivity contribution is 5.94. The van der Waals surface area contributed by atoms with Gasteiger partial charge in [-0.3, -0.25) is 4.98 Å². The number of aromatic amines is 1. The van der Waals surface area contributed by atoms with Crippen LogP contribution >= 0.6 is 0 Å². The van der Waals surface area contributed by atoms with E-state index in [0.29, 0.717) is 0 Å². The van der Waals surface area contributed by atoms with Gasteiger partial charge in [-0.2, -0.15) is 0 Å². The monoisotopic (exact) mass is 259 g/mol. The van der Waals surface area contributed by atoms with E-state index in [1.54, 1.807) is 0 Å². The first-order valence-electron chi connectivity index (χ1n) is 6.62. The number of pyridine rings is 1. The van der Waals surface area contributed by atoms with Crippen molar-refractivity contribution in [2.24, 2.45) is 0 Å². The Morgan fingerprint density at radius 1 is 0.950 bits per heavy atom. The van der Waals surface area contributed by atoms with E-state index >= 15 is 0 Å². The molecule has 0 saturated carbocycles. The second-order valence-electron chi connectivity index (χ2n) is 4.98. The Balaban J connectivity index is 2.01. The van der Waals surface area contributed by atoms with Gasteiger partial charge in [-0.15, -0.1) is 0 Å². The maximum atomic E-state index is 4.67. The fraction of sp³-hybridized carbons (Fsp3) is 0.0588. The largest absolute Gasteiger partial charge is 0.338 e. The van der Waals surface area contributed by atoms with Gasteiger partial charge >= 0.3 is 0 Å². The molecule has 0 aliphatic heterocycles. The molecule has 0 bridgehead atoms. The second kappa shape index (κ2) is 4.17. The molecule has 0 radical (unpaired) electrons. The van der Waals surface area contributed by atoms with Crippen LogP contribution in [0.2, 0.25) is 0 Å². The lowest BCUT2D eigenvalue weighted by Crippen LogP contribution is -1.86. The maximum Gasteiger partial charge on any atom is 0.139 e. The number of aryl methyl sites for hydroxylation is 1. The van der Waals surface area contributed by atoms with Crippen molar-refractivity contribution in [2.45, 2.75) is 6.92 Å². The minimum atomic E-state index is 0.891. The number of hydrogen-bond donors (Lipinski definition) is 1. The molecule has 0 saturated heterocycles. The molecular formula is C17H13N3. The quantitative estimate of drug-likeness (QED) is 0.559. The van der Waals surface area contributed by atoms with Crippen LogP contribution in [0.3, 0.4) is 0 Å². The van der Waals surface area contributed by atoms with Gasteiger partial charge < -0.3 is 4.98 Å². The van der Waals surface area contributed by atoms with Gasteiger partial charge in [0.15, 0.2) is 0 Å². The fourth-order valence-electron chi connectivity index (χ4n) is 2.54. The molecule has 1 N–H and O–H groups in total. The summed E-state index contributed by atoms with van der Waals surface area (Å²) in [7, 11) is 0. The number of para-hydroxylation sites is 2. The zero-order valence-corrected chi connectivity index (χ0v) is 11.1. The Hall–Kier alpha value is -2.68. The van der Waals surface area contributed by atoms with Gasteiger partial charge in [-0.1, -0.05) is 24.3 Å². The summed E-state index contributed by atoms with van der Waals surface area (Å²) < 4.78 is 0. The number of fused-ring (bicyclic) bond motifs is 2. The number of nitrogens with one attached hydrogen (secondary N) is 1. The minimum absolute atomic E-state index is 0.891. The number of H-pyrrole nitrogens is 1. The van der Waals surface area contributed by atoms with Crippen molar-refractivity contribution in [3.8, 4) is 11.4 Å². The van der Waals surface area contributed by atoms with Crippen LogP contribution in [-0.2, 0) is 0 Å². The lowest BCUT2D eigenvalue weighted by atomic mass is 10.1. The van der Waals surface area contributed by atoms with Crippen molar-refractivity contribution >= 4 is 21.9 Å². The van der Waals surface area contributed by atoms with Gasteiger partial charge in [0, 0.05) is 17.1 Å². The summed E-state index contributed by atoms with van der Waals surface area (Å²) in [6, 6.07) is 16.4. The van der Waals surface area contributed by atoms with Crippen LogP contribution in [0.5, 0.6) is 0 Å². The second-order valence-corrected chi connectivity index (χ2v) is 4.98. The van der Waals surface area contributed by atoms with Crippen LogP contribution in [0.15, 0.2) is 54.7 Å². The van der Waals surface area contributed by atoms with E-state index in [9.17, 15) is 0 Å². The summed E-state index contributed by atoms with van der Waals surface area (Å²) in [6.45, 7) is 2.08. The number of nitrogens with zero attached hydrogens (tertiary/aromatic N) is 2. The predicted molar refractivity (Wildman–Crippen MR) is 81.6 cm³/mol. The van der Waals surface area contributed by atoms with Crippen molar-refractivity contribution in [1.82, 2.24) is 15.0 Å². The molecule has 3 nitrogen and oxygen atoms in total. The number of imidazole rings is 1. The standard InChI is InChI=1S/C17H13N3/c1-11-6-7-12-13(8-9-18-16(12)10-11)17-19-14-4-2-3-5-15(14)20-17/h2-10H,1H3,(H,19,20). The van der Waals surface area contributed by atoms with E-state index in [1.165, 1.54) is 5.56 Å². The Labute approximate surface area is 116 Å². The third kappa shape index (κ3) is 1.67. The van der Waals surface area contributed by atoms with E-state index in [-0.39, 0.29) is 0 Å². The lowest BCUT2D eigenvalue weighted by Gasteiger charge is -2.03. The molecule has 2 aromatic carbocycles. The van der Waals surface area contributed by atoms with E-state index in [1.807, 2.05) is 36.5 Å². The molecule has 4 rings (SSSR count). The summed E-state index contributed by atoms with van der Waals surface area (Å²) in [4.78, 5) is 12.5. The van der Waals surface area contributed by atoms with Gasteiger partial charge in [0.2, 0.25) is 0 Å². The number of benzene rings is 2. The molecule has 96 valence electrons. The van der Waals surface area contributed by atoms with Gasteiger partial charge in [0.25, 0.3) is 0 Å². The van der Waals surface area contributed by atoms with Crippen LogP contribution in [0, 0.1) is 6.92 Å². The van der Waals surface area contributed by atoms with Crippen molar-refractivity contribution in [3.05, 3.63) is 60.3 Å². The smallest absolute Gasteiger partial charge is 0.139 e.